The van der Waals surface area contributed by atoms with E-state index in [9.17, 15) is 0 Å². The number of aliphatic imine (C=N–C) groups is 1. The Bertz CT molecular complexity index is 382. The van der Waals surface area contributed by atoms with Crippen molar-refractivity contribution >= 4 is 17.7 Å². The van der Waals surface area contributed by atoms with Gasteiger partial charge in [0.2, 0.25) is 0 Å². The van der Waals surface area contributed by atoms with Gasteiger partial charge in [0, 0.05) is 24.0 Å². The molecule has 0 aromatic heterocycles. The van der Waals surface area contributed by atoms with Crippen molar-refractivity contribution in [2.45, 2.75) is 37.6 Å². The van der Waals surface area contributed by atoms with Crippen molar-refractivity contribution in [2.24, 2.45) is 4.99 Å². The van der Waals surface area contributed by atoms with Crippen LogP contribution in [0.5, 0.6) is 0 Å². The van der Waals surface area contributed by atoms with Crippen molar-refractivity contribution in [3.05, 3.63) is 30.3 Å². The van der Waals surface area contributed by atoms with Crippen molar-refractivity contribution in [1.29, 1.82) is 0 Å². The van der Waals surface area contributed by atoms with Crippen molar-refractivity contribution < 1.29 is 0 Å². The fraction of sp³-hybridized carbons (Fsp3) is 0.533. The van der Waals surface area contributed by atoms with Gasteiger partial charge in [0.25, 0.3) is 0 Å². The number of hydrogen-bond acceptors (Lipinski definition) is 2. The lowest BCUT2D eigenvalue weighted by Crippen LogP contribution is -2.47. The Labute approximate surface area is 121 Å². The van der Waals surface area contributed by atoms with Crippen LogP contribution in [0.4, 0.5) is 0 Å². The molecule has 0 aliphatic heterocycles. The number of nitrogens with zero attached hydrogens (tertiary/aromatic N) is 1. The molecule has 2 N–H and O–H groups in total. The largest absolute Gasteiger partial charge is 0.356 e. The summed E-state index contributed by atoms with van der Waals surface area (Å²) in [4.78, 5) is 5.55. The molecule has 0 fully saturated rings. The van der Waals surface area contributed by atoms with E-state index in [1.54, 1.807) is 7.05 Å². The molecule has 0 bridgehead atoms. The Kier molecular flexibility index (Phi) is 6.78. The second-order valence-corrected chi connectivity index (χ2v) is 6.56. The van der Waals surface area contributed by atoms with Gasteiger partial charge in [-0.1, -0.05) is 18.2 Å². The average Bonchev–Trinajstić information content (AvgIpc) is 2.37. The molecule has 0 saturated carbocycles. The number of benzene rings is 1. The molecule has 0 atom stereocenters. The van der Waals surface area contributed by atoms with E-state index in [2.05, 4.69) is 60.7 Å². The van der Waals surface area contributed by atoms with Crippen molar-refractivity contribution in [3.63, 3.8) is 0 Å². The smallest absolute Gasteiger partial charge is 0.191 e. The molecule has 0 aliphatic rings. The van der Waals surface area contributed by atoms with E-state index in [0.29, 0.717) is 0 Å². The van der Waals surface area contributed by atoms with Crippen molar-refractivity contribution in [2.75, 3.05) is 19.3 Å². The second kappa shape index (κ2) is 8.10. The lowest BCUT2D eigenvalue weighted by atomic mass is 10.1. The Morgan fingerprint density at radius 2 is 1.89 bits per heavy atom. The number of hydrogen-bond donors (Lipinski definition) is 2. The first-order valence-corrected chi connectivity index (χ1v) is 7.66. The molecule has 0 unspecified atom stereocenters. The zero-order valence-corrected chi connectivity index (χ0v) is 13.2. The predicted octanol–water partition coefficient (Wildman–Crippen LogP) is 3.13. The number of thioether (sulfide) groups is 1. The number of nitrogens with one attached hydrogen (secondary N) is 2. The van der Waals surface area contributed by atoms with Gasteiger partial charge in [0.1, 0.15) is 0 Å². The average molecular weight is 279 g/mol. The van der Waals surface area contributed by atoms with Crippen LogP contribution in [-0.4, -0.2) is 30.8 Å². The van der Waals surface area contributed by atoms with E-state index in [1.165, 1.54) is 4.90 Å². The molecule has 4 heteroatoms. The first kappa shape index (κ1) is 15.9. The van der Waals surface area contributed by atoms with Gasteiger partial charge in [-0.3, -0.25) is 4.99 Å². The molecule has 0 spiro atoms. The van der Waals surface area contributed by atoms with Gasteiger partial charge >= 0.3 is 0 Å². The maximum Gasteiger partial charge on any atom is 0.191 e. The molecule has 0 radical (unpaired) electrons. The van der Waals surface area contributed by atoms with Crippen LogP contribution in [0.15, 0.2) is 40.2 Å². The van der Waals surface area contributed by atoms with Crippen LogP contribution in [0.25, 0.3) is 0 Å². The van der Waals surface area contributed by atoms with Crippen LogP contribution in [0.2, 0.25) is 0 Å². The number of guanidine groups is 1. The zero-order chi connectivity index (χ0) is 14.1. The predicted molar refractivity (Wildman–Crippen MR) is 86.0 cm³/mol. The summed E-state index contributed by atoms with van der Waals surface area (Å²) in [6, 6.07) is 10.5. The summed E-state index contributed by atoms with van der Waals surface area (Å²) in [5.74, 6) is 1.99. The van der Waals surface area contributed by atoms with Gasteiger partial charge in [-0.25, -0.2) is 0 Å². The van der Waals surface area contributed by atoms with Crippen LogP contribution < -0.4 is 10.6 Å². The number of rotatable bonds is 5. The molecule has 0 aliphatic carbocycles. The molecule has 1 rings (SSSR count). The maximum absolute atomic E-state index is 4.22. The lowest BCUT2D eigenvalue weighted by molar-refractivity contribution is 0.501. The fourth-order valence-corrected chi connectivity index (χ4v) is 2.39. The van der Waals surface area contributed by atoms with Crippen molar-refractivity contribution in [3.8, 4) is 0 Å². The van der Waals surface area contributed by atoms with E-state index in [0.717, 1.165) is 24.7 Å². The summed E-state index contributed by atoms with van der Waals surface area (Å²) in [6.45, 7) is 7.33. The third kappa shape index (κ3) is 7.78. The normalized spacial score (nSPS) is 12.3. The molecule has 3 nitrogen and oxygen atoms in total. The SMILES string of the molecule is CN=C(NCCCSc1ccccc1)NC(C)(C)C. The highest BCUT2D eigenvalue weighted by Gasteiger charge is 2.10. The monoisotopic (exact) mass is 279 g/mol. The highest BCUT2D eigenvalue weighted by molar-refractivity contribution is 7.99. The Morgan fingerprint density at radius 3 is 2.47 bits per heavy atom. The molecule has 1 aromatic carbocycles. The van der Waals surface area contributed by atoms with E-state index in [4.69, 9.17) is 0 Å². The molecule has 1 aromatic rings. The summed E-state index contributed by atoms with van der Waals surface area (Å²) >= 11 is 1.89. The maximum atomic E-state index is 4.22. The van der Waals surface area contributed by atoms with Gasteiger partial charge in [0.15, 0.2) is 5.96 Å². The summed E-state index contributed by atoms with van der Waals surface area (Å²) in [5.41, 5.74) is 0.0423. The first-order valence-electron chi connectivity index (χ1n) is 6.68. The minimum absolute atomic E-state index is 0.0423. The van der Waals surface area contributed by atoms with Gasteiger partial charge in [-0.05, 0) is 45.1 Å². The minimum atomic E-state index is 0.0423. The third-order valence-electron chi connectivity index (χ3n) is 2.34. The summed E-state index contributed by atoms with van der Waals surface area (Å²) in [6.07, 6.45) is 1.12. The lowest BCUT2D eigenvalue weighted by Gasteiger charge is -2.23. The van der Waals surface area contributed by atoms with Gasteiger partial charge in [-0.2, -0.15) is 0 Å². The summed E-state index contributed by atoms with van der Waals surface area (Å²) < 4.78 is 0. The van der Waals surface area contributed by atoms with E-state index in [-0.39, 0.29) is 5.54 Å². The second-order valence-electron chi connectivity index (χ2n) is 5.39. The molecular formula is C15H25N3S. The fourth-order valence-electron chi connectivity index (χ4n) is 1.52. The van der Waals surface area contributed by atoms with Crippen LogP contribution in [0.3, 0.4) is 0 Å². The van der Waals surface area contributed by atoms with Gasteiger partial charge < -0.3 is 10.6 Å². The Balaban J connectivity index is 2.16. The Hall–Kier alpha value is -1.16. The Morgan fingerprint density at radius 1 is 1.21 bits per heavy atom. The molecule has 0 heterocycles. The third-order valence-corrected chi connectivity index (χ3v) is 3.44. The highest BCUT2D eigenvalue weighted by Crippen LogP contribution is 2.17. The molecule has 0 saturated heterocycles. The van der Waals surface area contributed by atoms with Crippen molar-refractivity contribution in [1.82, 2.24) is 10.6 Å². The van der Waals surface area contributed by atoms with E-state index < -0.39 is 0 Å². The van der Waals surface area contributed by atoms with Crippen LogP contribution in [0, 0.1) is 0 Å². The highest BCUT2D eigenvalue weighted by atomic mass is 32.2. The van der Waals surface area contributed by atoms with Gasteiger partial charge in [-0.15, -0.1) is 11.8 Å². The zero-order valence-electron chi connectivity index (χ0n) is 12.4. The summed E-state index contributed by atoms with van der Waals surface area (Å²) in [7, 11) is 1.81. The quantitative estimate of drug-likeness (QED) is 0.376. The van der Waals surface area contributed by atoms with Gasteiger partial charge in [0.05, 0.1) is 0 Å². The summed E-state index contributed by atoms with van der Waals surface area (Å²) in [5, 5.41) is 6.68. The van der Waals surface area contributed by atoms with E-state index in [1.807, 2.05) is 17.8 Å². The molecule has 106 valence electrons. The molecular weight excluding hydrogens is 254 g/mol. The van der Waals surface area contributed by atoms with Crippen LogP contribution in [0.1, 0.15) is 27.2 Å². The topological polar surface area (TPSA) is 36.4 Å². The van der Waals surface area contributed by atoms with Crippen LogP contribution in [-0.2, 0) is 0 Å². The van der Waals surface area contributed by atoms with E-state index >= 15 is 0 Å². The minimum Gasteiger partial charge on any atom is -0.356 e. The van der Waals surface area contributed by atoms with Crippen LogP contribution >= 0.6 is 11.8 Å². The molecule has 0 amide bonds. The molecule has 19 heavy (non-hydrogen) atoms. The first-order chi connectivity index (χ1) is 9.01. The standard InChI is InChI=1S/C15H25N3S/c1-15(2,3)18-14(16-4)17-11-8-12-19-13-9-6-5-7-10-13/h5-7,9-10H,8,11-12H2,1-4H3,(H2,16,17,18).